The SMILES string of the molecule is COc1ccc(NC2(CO)CCOC2C)cc1. The van der Waals surface area contributed by atoms with Crippen LogP contribution in [-0.4, -0.2) is 37.1 Å². The summed E-state index contributed by atoms with van der Waals surface area (Å²) in [5, 5.41) is 13.0. The number of anilines is 1. The Morgan fingerprint density at radius 1 is 1.47 bits per heavy atom. The van der Waals surface area contributed by atoms with Gasteiger partial charge in [0.05, 0.1) is 25.4 Å². The van der Waals surface area contributed by atoms with Gasteiger partial charge in [-0.15, -0.1) is 0 Å². The topological polar surface area (TPSA) is 50.7 Å². The van der Waals surface area contributed by atoms with Crippen LogP contribution in [0.1, 0.15) is 13.3 Å². The maximum absolute atomic E-state index is 9.58. The third-order valence-electron chi connectivity index (χ3n) is 3.46. The molecule has 2 unspecified atom stereocenters. The highest BCUT2D eigenvalue weighted by atomic mass is 16.5. The van der Waals surface area contributed by atoms with Gasteiger partial charge in [-0.25, -0.2) is 0 Å². The molecule has 1 heterocycles. The molecule has 1 aliphatic rings. The Labute approximate surface area is 102 Å². The molecule has 0 amide bonds. The van der Waals surface area contributed by atoms with E-state index in [0.29, 0.717) is 6.61 Å². The van der Waals surface area contributed by atoms with Crippen molar-refractivity contribution in [2.45, 2.75) is 25.0 Å². The van der Waals surface area contributed by atoms with Crippen LogP contribution in [0.25, 0.3) is 0 Å². The summed E-state index contributed by atoms with van der Waals surface area (Å²) >= 11 is 0. The van der Waals surface area contributed by atoms with E-state index >= 15 is 0 Å². The van der Waals surface area contributed by atoms with Gasteiger partial charge >= 0.3 is 0 Å². The number of rotatable bonds is 4. The standard InChI is InChI=1S/C13H19NO3/c1-10-13(9-15,7-8-17-10)14-11-3-5-12(16-2)6-4-11/h3-6,10,14-15H,7-9H2,1-2H3. The molecule has 2 atom stereocenters. The first-order valence-corrected chi connectivity index (χ1v) is 5.85. The minimum atomic E-state index is -0.366. The van der Waals surface area contributed by atoms with Crippen molar-refractivity contribution in [1.82, 2.24) is 0 Å². The average molecular weight is 237 g/mol. The first-order chi connectivity index (χ1) is 8.20. The molecule has 4 nitrogen and oxygen atoms in total. The molecule has 4 heteroatoms. The number of aliphatic hydroxyl groups is 1. The molecular formula is C13H19NO3. The van der Waals surface area contributed by atoms with Crippen LogP contribution in [0.5, 0.6) is 5.75 Å². The molecule has 2 N–H and O–H groups in total. The second kappa shape index (κ2) is 4.94. The Morgan fingerprint density at radius 2 is 2.18 bits per heavy atom. The van der Waals surface area contributed by atoms with Crippen molar-refractivity contribution in [3.8, 4) is 5.75 Å². The lowest BCUT2D eigenvalue weighted by Crippen LogP contribution is -2.47. The molecule has 1 aromatic carbocycles. The van der Waals surface area contributed by atoms with E-state index in [0.717, 1.165) is 17.9 Å². The van der Waals surface area contributed by atoms with E-state index < -0.39 is 0 Å². The third-order valence-corrected chi connectivity index (χ3v) is 3.46. The Kier molecular flexibility index (Phi) is 3.54. The average Bonchev–Trinajstić information content (AvgIpc) is 2.72. The number of hydrogen-bond donors (Lipinski definition) is 2. The zero-order valence-corrected chi connectivity index (χ0v) is 10.3. The molecule has 1 aromatic rings. The molecule has 94 valence electrons. The van der Waals surface area contributed by atoms with Crippen molar-refractivity contribution in [3.05, 3.63) is 24.3 Å². The van der Waals surface area contributed by atoms with E-state index in [9.17, 15) is 5.11 Å². The maximum atomic E-state index is 9.58. The van der Waals surface area contributed by atoms with Crippen LogP contribution in [0.15, 0.2) is 24.3 Å². The van der Waals surface area contributed by atoms with Crippen LogP contribution in [0.3, 0.4) is 0 Å². The van der Waals surface area contributed by atoms with Crippen molar-refractivity contribution in [2.24, 2.45) is 0 Å². The van der Waals surface area contributed by atoms with Crippen molar-refractivity contribution in [2.75, 3.05) is 25.6 Å². The van der Waals surface area contributed by atoms with Gasteiger partial charge in [0.25, 0.3) is 0 Å². The molecule has 17 heavy (non-hydrogen) atoms. The smallest absolute Gasteiger partial charge is 0.119 e. The normalized spacial score (nSPS) is 28.1. The van der Waals surface area contributed by atoms with Gasteiger partial charge in [-0.2, -0.15) is 0 Å². The minimum Gasteiger partial charge on any atom is -0.497 e. The number of methoxy groups -OCH3 is 1. The summed E-state index contributed by atoms with van der Waals surface area (Å²) in [6.45, 7) is 2.74. The molecule has 1 saturated heterocycles. The molecule has 2 rings (SSSR count). The monoisotopic (exact) mass is 237 g/mol. The van der Waals surface area contributed by atoms with Gasteiger partial charge in [-0.1, -0.05) is 0 Å². The highest BCUT2D eigenvalue weighted by Crippen LogP contribution is 2.30. The Morgan fingerprint density at radius 3 is 2.65 bits per heavy atom. The second-order valence-electron chi connectivity index (χ2n) is 4.43. The lowest BCUT2D eigenvalue weighted by atomic mass is 9.92. The van der Waals surface area contributed by atoms with Crippen molar-refractivity contribution in [3.63, 3.8) is 0 Å². The van der Waals surface area contributed by atoms with E-state index in [1.807, 2.05) is 31.2 Å². The van der Waals surface area contributed by atoms with Crippen LogP contribution >= 0.6 is 0 Å². The number of hydrogen-bond acceptors (Lipinski definition) is 4. The first-order valence-electron chi connectivity index (χ1n) is 5.85. The Hall–Kier alpha value is -1.26. The van der Waals surface area contributed by atoms with Crippen LogP contribution in [0.4, 0.5) is 5.69 Å². The van der Waals surface area contributed by atoms with Crippen LogP contribution in [-0.2, 0) is 4.74 Å². The van der Waals surface area contributed by atoms with E-state index in [-0.39, 0.29) is 18.2 Å². The third kappa shape index (κ3) is 2.37. The predicted octanol–water partition coefficient (Wildman–Crippen LogP) is 1.65. The van der Waals surface area contributed by atoms with Crippen LogP contribution in [0.2, 0.25) is 0 Å². The summed E-state index contributed by atoms with van der Waals surface area (Å²) in [6.07, 6.45) is 0.825. The van der Waals surface area contributed by atoms with E-state index in [2.05, 4.69) is 5.32 Å². The largest absolute Gasteiger partial charge is 0.497 e. The fourth-order valence-electron chi connectivity index (χ4n) is 2.15. The molecule has 0 radical (unpaired) electrons. The molecule has 1 fully saturated rings. The van der Waals surface area contributed by atoms with Gasteiger partial charge in [0.15, 0.2) is 0 Å². The molecule has 0 aliphatic carbocycles. The Bertz CT molecular complexity index is 365. The molecule has 0 aromatic heterocycles. The predicted molar refractivity (Wildman–Crippen MR) is 66.5 cm³/mol. The second-order valence-corrected chi connectivity index (χ2v) is 4.43. The van der Waals surface area contributed by atoms with Gasteiger partial charge in [-0.3, -0.25) is 0 Å². The summed E-state index contributed by atoms with van der Waals surface area (Å²) in [6, 6.07) is 7.68. The minimum absolute atomic E-state index is 0.00889. The van der Waals surface area contributed by atoms with Crippen molar-refractivity contribution >= 4 is 5.69 Å². The van der Waals surface area contributed by atoms with Gasteiger partial charge in [-0.05, 0) is 37.6 Å². The molecule has 0 saturated carbocycles. The lowest BCUT2D eigenvalue weighted by Gasteiger charge is -2.32. The number of aliphatic hydroxyl groups excluding tert-OH is 1. The summed E-state index contributed by atoms with van der Waals surface area (Å²) in [7, 11) is 1.64. The number of benzene rings is 1. The fraction of sp³-hybridized carbons (Fsp3) is 0.538. The first kappa shape index (κ1) is 12.2. The van der Waals surface area contributed by atoms with Gasteiger partial charge in [0, 0.05) is 12.3 Å². The zero-order valence-electron chi connectivity index (χ0n) is 10.3. The molecule has 0 bridgehead atoms. The molecular weight excluding hydrogens is 218 g/mol. The highest BCUT2D eigenvalue weighted by molar-refractivity contribution is 5.49. The zero-order chi connectivity index (χ0) is 12.3. The summed E-state index contributed by atoms with van der Waals surface area (Å²) < 4.78 is 10.6. The Balaban J connectivity index is 2.12. The fourth-order valence-corrected chi connectivity index (χ4v) is 2.15. The van der Waals surface area contributed by atoms with E-state index in [4.69, 9.17) is 9.47 Å². The quantitative estimate of drug-likeness (QED) is 0.836. The maximum Gasteiger partial charge on any atom is 0.119 e. The van der Waals surface area contributed by atoms with E-state index in [1.54, 1.807) is 7.11 Å². The highest BCUT2D eigenvalue weighted by Gasteiger charge is 2.40. The van der Waals surface area contributed by atoms with Crippen molar-refractivity contribution < 1.29 is 14.6 Å². The van der Waals surface area contributed by atoms with Gasteiger partial charge in [0.1, 0.15) is 5.75 Å². The summed E-state index contributed by atoms with van der Waals surface area (Å²) in [5.41, 5.74) is 0.603. The lowest BCUT2D eigenvalue weighted by molar-refractivity contribution is 0.0792. The summed E-state index contributed by atoms with van der Waals surface area (Å²) in [4.78, 5) is 0. The molecule has 0 spiro atoms. The van der Waals surface area contributed by atoms with Crippen molar-refractivity contribution in [1.29, 1.82) is 0 Å². The van der Waals surface area contributed by atoms with Crippen LogP contribution in [0, 0.1) is 0 Å². The number of nitrogens with one attached hydrogen (secondary N) is 1. The number of ether oxygens (including phenoxy) is 2. The van der Waals surface area contributed by atoms with Gasteiger partial charge < -0.3 is 19.9 Å². The van der Waals surface area contributed by atoms with Gasteiger partial charge in [0.2, 0.25) is 0 Å². The summed E-state index contributed by atoms with van der Waals surface area (Å²) in [5.74, 6) is 0.823. The van der Waals surface area contributed by atoms with Crippen LogP contribution < -0.4 is 10.1 Å². The molecule has 1 aliphatic heterocycles. The van der Waals surface area contributed by atoms with E-state index in [1.165, 1.54) is 0 Å².